The summed E-state index contributed by atoms with van der Waals surface area (Å²) in [5.41, 5.74) is 5.62. The van der Waals surface area contributed by atoms with Crippen molar-refractivity contribution in [1.29, 1.82) is 0 Å². The number of anilines is 3. The van der Waals surface area contributed by atoms with Gasteiger partial charge >= 0.3 is 0 Å². The lowest BCUT2D eigenvalue weighted by Gasteiger charge is -2.12. The van der Waals surface area contributed by atoms with E-state index in [1.165, 1.54) is 0 Å². The van der Waals surface area contributed by atoms with Gasteiger partial charge in [-0.1, -0.05) is 0 Å². The average Bonchev–Trinajstić information content (AvgIpc) is 2.81. The van der Waals surface area contributed by atoms with Gasteiger partial charge in [0.05, 0.1) is 6.33 Å². The predicted octanol–water partition coefficient (Wildman–Crippen LogP) is -0.172. The second-order valence-electron chi connectivity index (χ2n) is 3.94. The van der Waals surface area contributed by atoms with Crippen molar-refractivity contribution in [1.82, 2.24) is 24.5 Å². The lowest BCUT2D eigenvalue weighted by molar-refractivity contribution is 0.722. The third-order valence-electron chi connectivity index (χ3n) is 2.25. The van der Waals surface area contributed by atoms with Crippen molar-refractivity contribution in [2.75, 3.05) is 36.6 Å². The smallest absolute Gasteiger partial charge is 0.231 e. The van der Waals surface area contributed by atoms with Crippen LogP contribution in [0.4, 0.5) is 17.8 Å². The second kappa shape index (κ2) is 5.30. The number of nitrogen functional groups attached to an aromatic ring is 1. The lowest BCUT2D eigenvalue weighted by atomic mass is 10.6. The third kappa shape index (κ3) is 3.06. The first-order valence-corrected chi connectivity index (χ1v) is 5.53. The van der Waals surface area contributed by atoms with Crippen LogP contribution in [0.5, 0.6) is 0 Å². The molecule has 0 aliphatic heterocycles. The number of nitrogens with two attached hydrogens (primary N) is 1. The highest BCUT2D eigenvalue weighted by Gasteiger charge is 2.05. The van der Waals surface area contributed by atoms with Gasteiger partial charge in [0.15, 0.2) is 0 Å². The normalized spacial score (nSPS) is 10.3. The Morgan fingerprint density at radius 2 is 2.17 bits per heavy atom. The molecule has 2 aromatic rings. The molecule has 0 bridgehead atoms. The molecule has 0 atom stereocenters. The van der Waals surface area contributed by atoms with Gasteiger partial charge in [-0.05, 0) is 0 Å². The molecule has 0 fully saturated rings. The summed E-state index contributed by atoms with van der Waals surface area (Å²) in [7, 11) is 3.70. The van der Waals surface area contributed by atoms with Crippen LogP contribution >= 0.6 is 0 Å². The van der Waals surface area contributed by atoms with E-state index in [2.05, 4.69) is 25.3 Å². The van der Waals surface area contributed by atoms with Gasteiger partial charge in [0.2, 0.25) is 17.8 Å². The third-order valence-corrected chi connectivity index (χ3v) is 2.25. The first-order valence-electron chi connectivity index (χ1n) is 5.53. The standard InChI is InChI=1S/C10H16N8/c1-17(2)10-15-8(11)14-9(16-10)13-4-6-18-5-3-12-7-18/h3,5,7H,4,6H2,1-2H3,(H3,11,13,14,15,16). The van der Waals surface area contributed by atoms with E-state index in [-0.39, 0.29) is 5.95 Å². The SMILES string of the molecule is CN(C)c1nc(N)nc(NCCn2ccnc2)n1. The molecule has 2 heterocycles. The molecule has 0 aliphatic rings. The molecule has 0 saturated carbocycles. The van der Waals surface area contributed by atoms with Crippen LogP contribution in [0.15, 0.2) is 18.7 Å². The van der Waals surface area contributed by atoms with Crippen LogP contribution in [0.25, 0.3) is 0 Å². The molecule has 0 saturated heterocycles. The highest BCUT2D eigenvalue weighted by Crippen LogP contribution is 2.08. The summed E-state index contributed by atoms with van der Waals surface area (Å²) >= 11 is 0. The van der Waals surface area contributed by atoms with Gasteiger partial charge in [0.25, 0.3) is 0 Å². The summed E-state index contributed by atoms with van der Waals surface area (Å²) in [6, 6.07) is 0. The van der Waals surface area contributed by atoms with E-state index in [0.29, 0.717) is 18.4 Å². The molecule has 8 heteroatoms. The summed E-state index contributed by atoms with van der Waals surface area (Å²) in [5.74, 6) is 1.22. The maximum absolute atomic E-state index is 5.62. The molecule has 0 aromatic carbocycles. The topological polar surface area (TPSA) is 97.8 Å². The van der Waals surface area contributed by atoms with Crippen molar-refractivity contribution in [3.8, 4) is 0 Å². The van der Waals surface area contributed by atoms with Crippen molar-refractivity contribution in [2.45, 2.75) is 6.54 Å². The lowest BCUT2D eigenvalue weighted by Crippen LogP contribution is -2.17. The maximum atomic E-state index is 5.62. The zero-order chi connectivity index (χ0) is 13.0. The molecule has 3 N–H and O–H groups in total. The van der Waals surface area contributed by atoms with Crippen molar-refractivity contribution < 1.29 is 0 Å². The first kappa shape index (κ1) is 12.1. The number of aromatic nitrogens is 5. The quantitative estimate of drug-likeness (QED) is 0.758. The van der Waals surface area contributed by atoms with Crippen LogP contribution in [0.3, 0.4) is 0 Å². The van der Waals surface area contributed by atoms with E-state index < -0.39 is 0 Å². The molecule has 0 spiro atoms. The largest absolute Gasteiger partial charge is 0.368 e. The van der Waals surface area contributed by atoms with Gasteiger partial charge in [-0.3, -0.25) is 0 Å². The molecule has 2 aromatic heterocycles. The number of nitrogens with zero attached hydrogens (tertiary/aromatic N) is 6. The van der Waals surface area contributed by atoms with Crippen molar-refractivity contribution in [3.63, 3.8) is 0 Å². The zero-order valence-corrected chi connectivity index (χ0v) is 10.4. The van der Waals surface area contributed by atoms with Crippen molar-refractivity contribution in [2.24, 2.45) is 0 Å². The minimum Gasteiger partial charge on any atom is -0.368 e. The number of imidazole rings is 1. The fraction of sp³-hybridized carbons (Fsp3) is 0.400. The van der Waals surface area contributed by atoms with Crippen LogP contribution in [0.1, 0.15) is 0 Å². The van der Waals surface area contributed by atoms with Crippen molar-refractivity contribution >= 4 is 17.8 Å². The Morgan fingerprint density at radius 1 is 1.33 bits per heavy atom. The van der Waals surface area contributed by atoms with Gasteiger partial charge < -0.3 is 20.5 Å². The Bertz CT molecular complexity index is 493. The number of hydrogen-bond donors (Lipinski definition) is 2. The first-order chi connectivity index (χ1) is 8.65. The fourth-order valence-corrected chi connectivity index (χ4v) is 1.38. The van der Waals surface area contributed by atoms with E-state index in [1.807, 2.05) is 24.9 Å². The minimum atomic E-state index is 0.207. The van der Waals surface area contributed by atoms with Crippen LogP contribution in [0, 0.1) is 0 Å². The Morgan fingerprint density at radius 3 is 2.83 bits per heavy atom. The number of hydrogen-bond acceptors (Lipinski definition) is 7. The van der Waals surface area contributed by atoms with Crippen LogP contribution < -0.4 is 16.0 Å². The molecular weight excluding hydrogens is 232 g/mol. The van der Waals surface area contributed by atoms with Crippen LogP contribution in [0.2, 0.25) is 0 Å². The van der Waals surface area contributed by atoms with Crippen LogP contribution in [-0.2, 0) is 6.54 Å². The van der Waals surface area contributed by atoms with E-state index in [4.69, 9.17) is 5.73 Å². The Balaban J connectivity index is 1.96. The Hall–Kier alpha value is -2.38. The fourth-order valence-electron chi connectivity index (χ4n) is 1.38. The van der Waals surface area contributed by atoms with E-state index in [0.717, 1.165) is 6.54 Å². The second-order valence-corrected chi connectivity index (χ2v) is 3.94. The molecule has 0 amide bonds. The van der Waals surface area contributed by atoms with Gasteiger partial charge in [-0.15, -0.1) is 0 Å². The summed E-state index contributed by atoms with van der Waals surface area (Å²) in [4.78, 5) is 18.0. The monoisotopic (exact) mass is 248 g/mol. The molecular formula is C10H16N8. The molecule has 18 heavy (non-hydrogen) atoms. The maximum Gasteiger partial charge on any atom is 0.231 e. The Kier molecular flexibility index (Phi) is 3.56. The summed E-state index contributed by atoms with van der Waals surface area (Å²) < 4.78 is 1.96. The van der Waals surface area contributed by atoms with Gasteiger partial charge in [-0.25, -0.2) is 4.98 Å². The molecule has 0 radical (unpaired) electrons. The van der Waals surface area contributed by atoms with E-state index in [1.54, 1.807) is 17.4 Å². The van der Waals surface area contributed by atoms with Crippen LogP contribution in [-0.4, -0.2) is 45.1 Å². The summed E-state index contributed by atoms with van der Waals surface area (Å²) in [6.07, 6.45) is 5.40. The number of nitrogens with one attached hydrogen (secondary N) is 1. The number of rotatable bonds is 5. The summed E-state index contributed by atoms with van der Waals surface area (Å²) in [5, 5.41) is 3.10. The van der Waals surface area contributed by atoms with E-state index >= 15 is 0 Å². The highest BCUT2D eigenvalue weighted by atomic mass is 15.3. The predicted molar refractivity (Wildman–Crippen MR) is 69.3 cm³/mol. The molecule has 0 unspecified atom stereocenters. The zero-order valence-electron chi connectivity index (χ0n) is 10.4. The highest BCUT2D eigenvalue weighted by molar-refractivity contribution is 5.40. The molecule has 0 aliphatic carbocycles. The van der Waals surface area contributed by atoms with Gasteiger partial charge in [0, 0.05) is 39.6 Å². The summed E-state index contributed by atoms with van der Waals surface area (Å²) in [6.45, 7) is 1.47. The molecule has 2 rings (SSSR count). The van der Waals surface area contributed by atoms with Gasteiger partial charge in [-0.2, -0.15) is 15.0 Å². The van der Waals surface area contributed by atoms with Crippen molar-refractivity contribution in [3.05, 3.63) is 18.7 Å². The average molecular weight is 248 g/mol. The molecule has 8 nitrogen and oxygen atoms in total. The molecule has 96 valence electrons. The minimum absolute atomic E-state index is 0.207. The van der Waals surface area contributed by atoms with E-state index in [9.17, 15) is 0 Å². The van der Waals surface area contributed by atoms with Gasteiger partial charge in [0.1, 0.15) is 0 Å². The Labute approximate surface area is 105 Å².